The number of nitrogens with zero attached hydrogens (tertiary/aromatic N) is 1. The van der Waals surface area contributed by atoms with Gasteiger partial charge in [-0.15, -0.1) is 0 Å². The normalized spacial score (nSPS) is 10.5. The fourth-order valence-electron chi connectivity index (χ4n) is 1.77. The van der Waals surface area contributed by atoms with Crippen molar-refractivity contribution in [2.45, 2.75) is 6.92 Å². The van der Waals surface area contributed by atoms with Gasteiger partial charge < -0.3 is 19.3 Å². The van der Waals surface area contributed by atoms with Crippen molar-refractivity contribution in [2.24, 2.45) is 0 Å². The van der Waals surface area contributed by atoms with Crippen molar-refractivity contribution in [3.05, 3.63) is 48.2 Å². The Kier molecular flexibility index (Phi) is 5.57. The number of carbonyl (C=O) groups excluding carboxylic acids is 1. The van der Waals surface area contributed by atoms with E-state index in [9.17, 15) is 9.90 Å². The monoisotopic (exact) mass is 315 g/mol. The maximum absolute atomic E-state index is 11.3. The molecule has 6 heteroatoms. The quantitative estimate of drug-likeness (QED) is 0.651. The number of aromatic hydroxyl groups is 1. The molecule has 2 rings (SSSR count). The van der Waals surface area contributed by atoms with Crippen molar-refractivity contribution < 1.29 is 24.1 Å². The third-order valence-corrected chi connectivity index (χ3v) is 2.82. The van der Waals surface area contributed by atoms with Gasteiger partial charge >= 0.3 is 5.97 Å². The first-order chi connectivity index (χ1) is 11.1. The second-order valence-electron chi connectivity index (χ2n) is 4.45. The summed E-state index contributed by atoms with van der Waals surface area (Å²) in [7, 11) is 1.52. The second-order valence-corrected chi connectivity index (χ2v) is 4.45. The van der Waals surface area contributed by atoms with E-state index >= 15 is 0 Å². The lowest BCUT2D eigenvalue weighted by molar-refractivity contribution is -0.137. The smallest absolute Gasteiger partial charge is 0.330 e. The Morgan fingerprint density at radius 2 is 2.09 bits per heavy atom. The molecule has 120 valence electrons. The molecule has 0 atom stereocenters. The molecule has 0 aliphatic heterocycles. The average Bonchev–Trinajstić information content (AvgIpc) is 2.56. The molecule has 6 nitrogen and oxygen atoms in total. The summed E-state index contributed by atoms with van der Waals surface area (Å²) in [4.78, 5) is 15.3. The summed E-state index contributed by atoms with van der Waals surface area (Å²) >= 11 is 0. The predicted octanol–water partition coefficient (Wildman–Crippen LogP) is 3.16. The van der Waals surface area contributed by atoms with Crippen LogP contribution in [0.1, 0.15) is 12.5 Å². The highest BCUT2D eigenvalue weighted by molar-refractivity contribution is 5.87. The molecule has 0 aliphatic carbocycles. The zero-order chi connectivity index (χ0) is 16.7. The van der Waals surface area contributed by atoms with Crippen molar-refractivity contribution in [3.63, 3.8) is 0 Å². The molecule has 0 fully saturated rings. The third-order valence-electron chi connectivity index (χ3n) is 2.82. The minimum absolute atomic E-state index is 0.0590. The van der Waals surface area contributed by atoms with Crippen LogP contribution in [0.25, 0.3) is 6.08 Å². The van der Waals surface area contributed by atoms with Crippen molar-refractivity contribution >= 4 is 12.0 Å². The highest BCUT2D eigenvalue weighted by Gasteiger charge is 2.07. The number of esters is 1. The van der Waals surface area contributed by atoms with Crippen LogP contribution in [-0.4, -0.2) is 29.8 Å². The van der Waals surface area contributed by atoms with Gasteiger partial charge in [-0.2, -0.15) is 0 Å². The molecule has 0 spiro atoms. The van der Waals surface area contributed by atoms with E-state index in [-0.39, 0.29) is 5.75 Å². The average molecular weight is 315 g/mol. The van der Waals surface area contributed by atoms with Crippen LogP contribution in [0, 0.1) is 0 Å². The molecule has 0 bridgehead atoms. The molecular formula is C17H17NO5. The number of pyridine rings is 1. The van der Waals surface area contributed by atoms with Gasteiger partial charge in [0.1, 0.15) is 5.75 Å². The first kappa shape index (κ1) is 16.4. The van der Waals surface area contributed by atoms with Gasteiger partial charge in [0.15, 0.2) is 11.5 Å². The van der Waals surface area contributed by atoms with Gasteiger partial charge in [0.05, 0.1) is 19.9 Å². The van der Waals surface area contributed by atoms with Gasteiger partial charge in [0, 0.05) is 12.1 Å². The maximum Gasteiger partial charge on any atom is 0.330 e. The second kappa shape index (κ2) is 7.84. The van der Waals surface area contributed by atoms with E-state index in [1.165, 1.54) is 25.4 Å². The van der Waals surface area contributed by atoms with Gasteiger partial charge in [0.2, 0.25) is 5.88 Å². The summed E-state index contributed by atoms with van der Waals surface area (Å²) in [6, 6.07) is 8.23. The molecule has 23 heavy (non-hydrogen) atoms. The minimum Gasteiger partial charge on any atom is -0.506 e. The van der Waals surface area contributed by atoms with Crippen LogP contribution in [0.15, 0.2) is 42.6 Å². The van der Waals surface area contributed by atoms with Gasteiger partial charge in [-0.1, -0.05) is 6.07 Å². The van der Waals surface area contributed by atoms with Crippen LogP contribution in [0.5, 0.6) is 23.1 Å². The van der Waals surface area contributed by atoms with Crippen molar-refractivity contribution in [1.82, 2.24) is 4.98 Å². The SMILES string of the molecule is CCOC(=O)/C=C/c1ccc(Oc2ccc(O)cn2)c(OC)c1. The summed E-state index contributed by atoms with van der Waals surface area (Å²) in [5, 5.41) is 9.21. The number of aromatic nitrogens is 1. The topological polar surface area (TPSA) is 77.9 Å². The van der Waals surface area contributed by atoms with E-state index < -0.39 is 5.97 Å². The summed E-state index contributed by atoms with van der Waals surface area (Å²) in [5.41, 5.74) is 0.765. The molecule has 0 unspecified atom stereocenters. The number of hydrogen-bond donors (Lipinski definition) is 1. The van der Waals surface area contributed by atoms with E-state index in [0.29, 0.717) is 24.0 Å². The Morgan fingerprint density at radius 1 is 1.26 bits per heavy atom. The summed E-state index contributed by atoms with van der Waals surface area (Å²) in [5.74, 6) is 0.949. The molecule has 2 aromatic rings. The molecule has 0 aliphatic rings. The summed E-state index contributed by atoms with van der Waals surface area (Å²) in [6.45, 7) is 2.08. The minimum atomic E-state index is -0.403. The van der Waals surface area contributed by atoms with Crippen LogP contribution < -0.4 is 9.47 Å². The molecule has 0 saturated carbocycles. The third kappa shape index (κ3) is 4.74. The lowest BCUT2D eigenvalue weighted by atomic mass is 10.2. The largest absolute Gasteiger partial charge is 0.506 e. The van der Waals surface area contributed by atoms with E-state index in [0.717, 1.165) is 5.56 Å². The molecule has 0 amide bonds. The van der Waals surface area contributed by atoms with Gasteiger partial charge in [-0.25, -0.2) is 9.78 Å². The highest BCUT2D eigenvalue weighted by Crippen LogP contribution is 2.32. The van der Waals surface area contributed by atoms with Crippen LogP contribution in [0.2, 0.25) is 0 Å². The van der Waals surface area contributed by atoms with Crippen LogP contribution >= 0.6 is 0 Å². The predicted molar refractivity (Wildman–Crippen MR) is 84.6 cm³/mol. The fraction of sp³-hybridized carbons (Fsp3) is 0.176. The lowest BCUT2D eigenvalue weighted by Gasteiger charge is -2.10. The van der Waals surface area contributed by atoms with E-state index in [4.69, 9.17) is 14.2 Å². The van der Waals surface area contributed by atoms with Crippen molar-refractivity contribution in [1.29, 1.82) is 0 Å². The molecule has 1 aromatic carbocycles. The molecule has 1 aromatic heterocycles. The summed E-state index contributed by atoms with van der Waals surface area (Å²) < 4.78 is 15.7. The Hall–Kier alpha value is -3.02. The molecule has 0 radical (unpaired) electrons. The van der Waals surface area contributed by atoms with E-state index in [1.807, 2.05) is 0 Å². The first-order valence-corrected chi connectivity index (χ1v) is 6.98. The molecular weight excluding hydrogens is 298 g/mol. The number of rotatable bonds is 6. The van der Waals surface area contributed by atoms with Gasteiger partial charge in [-0.3, -0.25) is 0 Å². The standard InChI is InChI=1S/C17H17NO5/c1-3-22-17(20)9-5-12-4-7-14(15(10-12)21-2)23-16-8-6-13(19)11-18-16/h4-11,19H,3H2,1-2H3/b9-5+. The number of benzene rings is 1. The molecule has 1 heterocycles. The Labute approximate surface area is 134 Å². The molecule has 0 saturated heterocycles. The Balaban J connectivity index is 2.16. The van der Waals surface area contributed by atoms with Crippen LogP contribution in [0.3, 0.4) is 0 Å². The number of hydrogen-bond acceptors (Lipinski definition) is 6. The van der Waals surface area contributed by atoms with E-state index in [1.54, 1.807) is 37.3 Å². The van der Waals surface area contributed by atoms with Crippen LogP contribution in [-0.2, 0) is 9.53 Å². The molecule has 1 N–H and O–H groups in total. The lowest BCUT2D eigenvalue weighted by Crippen LogP contribution is -1.98. The van der Waals surface area contributed by atoms with Crippen molar-refractivity contribution in [2.75, 3.05) is 13.7 Å². The maximum atomic E-state index is 11.3. The Morgan fingerprint density at radius 3 is 2.74 bits per heavy atom. The highest BCUT2D eigenvalue weighted by atomic mass is 16.5. The first-order valence-electron chi connectivity index (χ1n) is 6.98. The summed E-state index contributed by atoms with van der Waals surface area (Å²) in [6.07, 6.45) is 4.27. The zero-order valence-corrected chi connectivity index (χ0v) is 12.9. The Bertz CT molecular complexity index is 695. The van der Waals surface area contributed by atoms with Crippen LogP contribution in [0.4, 0.5) is 0 Å². The van der Waals surface area contributed by atoms with E-state index in [2.05, 4.69) is 4.98 Å². The van der Waals surface area contributed by atoms with Gasteiger partial charge in [-0.05, 0) is 36.8 Å². The number of carbonyl (C=O) groups is 1. The van der Waals surface area contributed by atoms with Crippen molar-refractivity contribution in [3.8, 4) is 23.1 Å². The number of ether oxygens (including phenoxy) is 3. The van der Waals surface area contributed by atoms with Gasteiger partial charge in [0.25, 0.3) is 0 Å². The zero-order valence-electron chi connectivity index (χ0n) is 12.9. The fourth-order valence-corrected chi connectivity index (χ4v) is 1.77. The number of methoxy groups -OCH3 is 1.